The molecule has 88 valence electrons. The molecule has 0 saturated carbocycles. The molecule has 0 aliphatic rings. The molecule has 0 saturated heterocycles. The van der Waals surface area contributed by atoms with E-state index in [1.54, 1.807) is 6.07 Å². The summed E-state index contributed by atoms with van der Waals surface area (Å²) in [6.07, 6.45) is 0. The maximum absolute atomic E-state index is 6.10. The first-order chi connectivity index (χ1) is 8.16. The monoisotopic (exact) mass is 329 g/mol. The van der Waals surface area contributed by atoms with E-state index in [2.05, 4.69) is 21.2 Å². The summed E-state index contributed by atoms with van der Waals surface area (Å²) in [4.78, 5) is 0. The van der Waals surface area contributed by atoms with Gasteiger partial charge in [0.2, 0.25) is 0 Å². The number of nitrogens with one attached hydrogen (secondary N) is 1. The maximum atomic E-state index is 6.10. The summed E-state index contributed by atoms with van der Waals surface area (Å²) in [5.41, 5.74) is 2.06. The summed E-state index contributed by atoms with van der Waals surface area (Å²) in [7, 11) is 0. The van der Waals surface area contributed by atoms with E-state index in [1.165, 1.54) is 0 Å². The van der Waals surface area contributed by atoms with Crippen molar-refractivity contribution in [2.45, 2.75) is 6.54 Å². The Hall–Kier alpha value is -0.700. The number of hydrogen-bond donors (Lipinski definition) is 1. The summed E-state index contributed by atoms with van der Waals surface area (Å²) in [5.74, 6) is 0. The van der Waals surface area contributed by atoms with E-state index in [1.807, 2.05) is 36.4 Å². The minimum Gasteiger partial charge on any atom is -0.380 e. The van der Waals surface area contributed by atoms with Crippen molar-refractivity contribution in [2.24, 2.45) is 0 Å². The van der Waals surface area contributed by atoms with Crippen LogP contribution in [0.2, 0.25) is 10.0 Å². The molecule has 0 radical (unpaired) electrons. The maximum Gasteiger partial charge on any atom is 0.0487 e. The van der Waals surface area contributed by atoms with Gasteiger partial charge in [-0.15, -0.1) is 0 Å². The minimum atomic E-state index is 0.652. The average molecular weight is 331 g/mol. The molecule has 0 fully saturated rings. The third-order valence-corrected chi connectivity index (χ3v) is 3.64. The number of hydrogen-bond acceptors (Lipinski definition) is 1. The van der Waals surface area contributed by atoms with Crippen LogP contribution in [0.25, 0.3) is 0 Å². The molecular formula is C13H10BrCl2N. The summed E-state index contributed by atoms with van der Waals surface area (Å²) in [5, 5.41) is 4.65. The van der Waals surface area contributed by atoms with E-state index in [-0.39, 0.29) is 0 Å². The fourth-order valence-electron chi connectivity index (χ4n) is 1.46. The first kappa shape index (κ1) is 12.7. The van der Waals surface area contributed by atoms with Gasteiger partial charge in [0.1, 0.15) is 0 Å². The van der Waals surface area contributed by atoms with Gasteiger partial charge in [0, 0.05) is 26.8 Å². The van der Waals surface area contributed by atoms with Crippen molar-refractivity contribution in [1.82, 2.24) is 0 Å². The van der Waals surface area contributed by atoms with Gasteiger partial charge < -0.3 is 5.32 Å². The van der Waals surface area contributed by atoms with Gasteiger partial charge in [0.15, 0.2) is 0 Å². The summed E-state index contributed by atoms with van der Waals surface area (Å²) < 4.78 is 1.03. The van der Waals surface area contributed by atoms with Gasteiger partial charge in [-0.25, -0.2) is 0 Å². The van der Waals surface area contributed by atoms with Crippen LogP contribution in [0, 0.1) is 0 Å². The van der Waals surface area contributed by atoms with Crippen molar-refractivity contribution in [3.05, 3.63) is 62.5 Å². The Morgan fingerprint density at radius 3 is 2.53 bits per heavy atom. The number of benzene rings is 2. The zero-order valence-electron chi connectivity index (χ0n) is 8.88. The number of anilines is 1. The van der Waals surface area contributed by atoms with Crippen molar-refractivity contribution in [2.75, 3.05) is 5.32 Å². The van der Waals surface area contributed by atoms with Crippen molar-refractivity contribution < 1.29 is 0 Å². The number of halogens is 3. The van der Waals surface area contributed by atoms with Crippen LogP contribution in [0.4, 0.5) is 5.69 Å². The molecule has 0 aliphatic heterocycles. The van der Waals surface area contributed by atoms with Crippen LogP contribution >= 0.6 is 39.1 Å². The van der Waals surface area contributed by atoms with Crippen LogP contribution in [0.3, 0.4) is 0 Å². The second kappa shape index (κ2) is 5.76. The molecule has 0 atom stereocenters. The fraction of sp³-hybridized carbons (Fsp3) is 0.0769. The summed E-state index contributed by atoms with van der Waals surface area (Å²) >= 11 is 15.4. The van der Waals surface area contributed by atoms with E-state index in [4.69, 9.17) is 23.2 Å². The molecule has 4 heteroatoms. The van der Waals surface area contributed by atoms with Gasteiger partial charge in [-0.1, -0.05) is 41.4 Å². The Kier molecular flexibility index (Phi) is 4.32. The lowest BCUT2D eigenvalue weighted by atomic mass is 10.2. The lowest BCUT2D eigenvalue weighted by Gasteiger charge is -2.09. The molecule has 0 unspecified atom stereocenters. The Morgan fingerprint density at radius 2 is 1.82 bits per heavy atom. The third-order valence-electron chi connectivity index (χ3n) is 2.36. The third kappa shape index (κ3) is 3.38. The molecule has 0 bridgehead atoms. The number of rotatable bonds is 3. The van der Waals surface area contributed by atoms with Gasteiger partial charge >= 0.3 is 0 Å². The van der Waals surface area contributed by atoms with Crippen LogP contribution in [0.1, 0.15) is 5.56 Å². The average Bonchev–Trinajstić information content (AvgIpc) is 2.30. The molecule has 1 N–H and O–H groups in total. The molecule has 17 heavy (non-hydrogen) atoms. The highest BCUT2D eigenvalue weighted by atomic mass is 79.9. The van der Waals surface area contributed by atoms with E-state index in [0.29, 0.717) is 16.6 Å². The molecule has 0 amide bonds. The molecule has 0 spiro atoms. The Bertz CT molecular complexity index is 529. The highest BCUT2D eigenvalue weighted by molar-refractivity contribution is 9.10. The van der Waals surface area contributed by atoms with Crippen LogP contribution in [0.5, 0.6) is 0 Å². The highest BCUT2D eigenvalue weighted by Gasteiger charge is 2.02. The molecule has 1 nitrogen and oxygen atoms in total. The van der Waals surface area contributed by atoms with Crippen LogP contribution < -0.4 is 5.32 Å². The molecule has 0 aromatic heterocycles. The van der Waals surface area contributed by atoms with Crippen molar-refractivity contribution in [3.63, 3.8) is 0 Å². The van der Waals surface area contributed by atoms with Gasteiger partial charge in [-0.05, 0) is 45.8 Å². The molecule has 2 aromatic carbocycles. The topological polar surface area (TPSA) is 12.0 Å². The predicted octanol–water partition coefficient (Wildman–Crippen LogP) is 5.37. The van der Waals surface area contributed by atoms with Crippen LogP contribution in [0.15, 0.2) is 46.9 Å². The first-order valence-electron chi connectivity index (χ1n) is 5.09. The molecule has 0 aliphatic carbocycles. The lowest BCUT2D eigenvalue weighted by Crippen LogP contribution is -2.00. The van der Waals surface area contributed by atoms with Crippen molar-refractivity contribution >= 4 is 44.8 Å². The number of para-hydroxylation sites is 1. The van der Waals surface area contributed by atoms with E-state index >= 15 is 0 Å². The standard InChI is InChI=1S/C13H10BrCl2N/c14-11-3-1-2-4-13(11)17-8-9-5-6-10(15)7-12(9)16/h1-7,17H,8H2. The first-order valence-corrected chi connectivity index (χ1v) is 6.64. The van der Waals surface area contributed by atoms with Crippen molar-refractivity contribution in [3.8, 4) is 0 Å². The largest absolute Gasteiger partial charge is 0.380 e. The molecule has 2 rings (SSSR count). The highest BCUT2D eigenvalue weighted by Crippen LogP contribution is 2.25. The van der Waals surface area contributed by atoms with Crippen molar-refractivity contribution in [1.29, 1.82) is 0 Å². The Morgan fingerprint density at radius 1 is 1.06 bits per heavy atom. The Labute approximate surface area is 119 Å². The van der Waals surface area contributed by atoms with E-state index < -0.39 is 0 Å². The predicted molar refractivity (Wildman–Crippen MR) is 77.9 cm³/mol. The second-order valence-corrected chi connectivity index (χ2v) is 5.27. The Balaban J connectivity index is 2.10. The molecule has 2 aromatic rings. The van der Waals surface area contributed by atoms with Gasteiger partial charge in [-0.3, -0.25) is 0 Å². The zero-order valence-corrected chi connectivity index (χ0v) is 12.0. The lowest BCUT2D eigenvalue weighted by molar-refractivity contribution is 1.15. The van der Waals surface area contributed by atoms with Gasteiger partial charge in [0.25, 0.3) is 0 Å². The second-order valence-electron chi connectivity index (χ2n) is 3.57. The SMILES string of the molecule is Clc1ccc(CNc2ccccc2Br)c(Cl)c1. The minimum absolute atomic E-state index is 0.652. The van der Waals surface area contributed by atoms with Gasteiger partial charge in [0.05, 0.1) is 0 Å². The van der Waals surface area contributed by atoms with Crippen LogP contribution in [-0.2, 0) is 6.54 Å². The molecule has 0 heterocycles. The van der Waals surface area contributed by atoms with Gasteiger partial charge in [-0.2, -0.15) is 0 Å². The summed E-state index contributed by atoms with van der Waals surface area (Å²) in [6, 6.07) is 13.5. The normalized spacial score (nSPS) is 10.3. The van der Waals surface area contributed by atoms with E-state index in [9.17, 15) is 0 Å². The van der Waals surface area contributed by atoms with Crippen LogP contribution in [-0.4, -0.2) is 0 Å². The fourth-order valence-corrected chi connectivity index (χ4v) is 2.36. The smallest absolute Gasteiger partial charge is 0.0487 e. The quantitative estimate of drug-likeness (QED) is 0.797. The molecular weight excluding hydrogens is 321 g/mol. The summed E-state index contributed by atoms with van der Waals surface area (Å²) in [6.45, 7) is 0.665. The zero-order chi connectivity index (χ0) is 12.3. The van der Waals surface area contributed by atoms with E-state index in [0.717, 1.165) is 15.7 Å².